The molecule has 33 heavy (non-hydrogen) atoms. The van der Waals surface area contributed by atoms with Crippen molar-refractivity contribution >= 4 is 0 Å². The number of rotatable bonds is 5. The van der Waals surface area contributed by atoms with Crippen molar-refractivity contribution in [2.75, 3.05) is 6.61 Å². The van der Waals surface area contributed by atoms with Crippen molar-refractivity contribution < 1.29 is 30.3 Å². The normalized spacial score (nSPS) is 29.4. The van der Waals surface area contributed by atoms with Crippen LogP contribution in [0.2, 0.25) is 0 Å². The van der Waals surface area contributed by atoms with Crippen molar-refractivity contribution in [3.63, 3.8) is 0 Å². The fourth-order valence-corrected chi connectivity index (χ4v) is 5.00. The summed E-state index contributed by atoms with van der Waals surface area (Å²) in [6.45, 7) is -0.497. The van der Waals surface area contributed by atoms with Gasteiger partial charge < -0.3 is 30.3 Å². The number of hydrogen-bond acceptors (Lipinski definition) is 7. The van der Waals surface area contributed by atoms with Gasteiger partial charge in [-0.3, -0.25) is 0 Å². The van der Waals surface area contributed by atoms with Crippen molar-refractivity contribution in [2.45, 2.75) is 74.6 Å². The van der Waals surface area contributed by atoms with Crippen LogP contribution in [0, 0.1) is 11.3 Å². The van der Waals surface area contributed by atoms with E-state index in [0.29, 0.717) is 17.5 Å². The van der Waals surface area contributed by atoms with Gasteiger partial charge in [0.15, 0.2) is 0 Å². The Balaban J connectivity index is 1.57. The lowest BCUT2D eigenvalue weighted by Gasteiger charge is -2.40. The second-order valence-corrected chi connectivity index (χ2v) is 9.24. The Morgan fingerprint density at radius 2 is 1.64 bits per heavy atom. The zero-order valence-electron chi connectivity index (χ0n) is 18.5. The molecule has 1 saturated carbocycles. The van der Waals surface area contributed by atoms with Crippen LogP contribution in [-0.4, -0.2) is 56.6 Å². The minimum atomic E-state index is -1.46. The highest BCUT2D eigenvalue weighted by molar-refractivity contribution is 5.44. The molecule has 176 valence electrons. The van der Waals surface area contributed by atoms with Crippen LogP contribution in [0.5, 0.6) is 0 Å². The SMILES string of the molecule is N#Cc1ccc([C@@H]2O[C@H](CO)[C@@H](O)[C@H](O)[C@H]2O)cc1Cc1ccc(C2(O)CCCCC2)cc1. The molecule has 2 fully saturated rings. The van der Waals surface area contributed by atoms with Crippen LogP contribution in [0.15, 0.2) is 42.5 Å². The first-order valence-corrected chi connectivity index (χ1v) is 11.5. The average molecular weight is 454 g/mol. The van der Waals surface area contributed by atoms with E-state index in [9.17, 15) is 30.8 Å². The number of hydrogen-bond donors (Lipinski definition) is 5. The number of benzene rings is 2. The van der Waals surface area contributed by atoms with Crippen LogP contribution < -0.4 is 0 Å². The summed E-state index contributed by atoms with van der Waals surface area (Å²) in [5.74, 6) is 0. The Hall–Kier alpha value is -2.31. The summed E-state index contributed by atoms with van der Waals surface area (Å²) in [7, 11) is 0. The third kappa shape index (κ3) is 4.82. The van der Waals surface area contributed by atoms with E-state index in [1.165, 1.54) is 0 Å². The van der Waals surface area contributed by atoms with Crippen molar-refractivity contribution in [1.29, 1.82) is 5.26 Å². The first kappa shape index (κ1) is 23.8. The summed E-state index contributed by atoms with van der Waals surface area (Å²) in [4.78, 5) is 0. The molecule has 7 heteroatoms. The zero-order chi connectivity index (χ0) is 23.6. The first-order valence-electron chi connectivity index (χ1n) is 11.5. The molecular weight excluding hydrogens is 422 g/mol. The quantitative estimate of drug-likeness (QED) is 0.466. The van der Waals surface area contributed by atoms with Gasteiger partial charge in [-0.15, -0.1) is 0 Å². The molecule has 0 amide bonds. The second kappa shape index (κ2) is 9.90. The smallest absolute Gasteiger partial charge is 0.113 e. The van der Waals surface area contributed by atoms with E-state index in [4.69, 9.17) is 4.74 Å². The van der Waals surface area contributed by atoms with Crippen molar-refractivity contribution in [1.82, 2.24) is 0 Å². The molecule has 0 unspecified atom stereocenters. The number of nitrogens with zero attached hydrogens (tertiary/aromatic N) is 1. The predicted octanol–water partition coefficient (Wildman–Crippen LogP) is 1.82. The predicted molar refractivity (Wildman–Crippen MR) is 120 cm³/mol. The highest BCUT2D eigenvalue weighted by atomic mass is 16.5. The summed E-state index contributed by atoms with van der Waals surface area (Å²) in [5.41, 5.74) is 2.89. The van der Waals surface area contributed by atoms with E-state index in [1.807, 2.05) is 24.3 Å². The number of aliphatic hydroxyl groups excluding tert-OH is 4. The first-order chi connectivity index (χ1) is 15.9. The summed E-state index contributed by atoms with van der Waals surface area (Å²) >= 11 is 0. The maximum atomic E-state index is 11.0. The molecule has 0 spiro atoms. The minimum absolute atomic E-state index is 0.465. The minimum Gasteiger partial charge on any atom is -0.394 e. The fourth-order valence-electron chi connectivity index (χ4n) is 5.00. The highest BCUT2D eigenvalue weighted by Gasteiger charge is 2.44. The monoisotopic (exact) mass is 453 g/mol. The molecule has 5 atom stereocenters. The third-order valence-electron chi connectivity index (χ3n) is 7.04. The summed E-state index contributed by atoms with van der Waals surface area (Å²) in [6.07, 6.45) is -0.995. The Morgan fingerprint density at radius 1 is 0.939 bits per heavy atom. The highest BCUT2D eigenvalue weighted by Crippen LogP contribution is 2.37. The lowest BCUT2D eigenvalue weighted by molar-refractivity contribution is -0.231. The topological polar surface area (TPSA) is 134 Å². The van der Waals surface area contributed by atoms with Gasteiger partial charge in [-0.1, -0.05) is 55.7 Å². The van der Waals surface area contributed by atoms with Crippen LogP contribution >= 0.6 is 0 Å². The maximum Gasteiger partial charge on any atom is 0.113 e. The van der Waals surface area contributed by atoms with Gasteiger partial charge in [0.05, 0.1) is 23.8 Å². The van der Waals surface area contributed by atoms with E-state index < -0.39 is 42.7 Å². The standard InChI is InChI=1S/C26H31NO6/c27-14-18-7-6-17(25-24(31)23(30)22(29)21(15-28)33-25)13-19(18)12-16-4-8-20(9-5-16)26(32)10-2-1-3-11-26/h4-9,13,21-25,28-32H,1-3,10-12,15H2/t21-,22-,23+,24-,25+/m1/s1. The number of nitriles is 1. The molecule has 0 bridgehead atoms. The zero-order valence-corrected chi connectivity index (χ0v) is 18.5. The molecule has 2 aromatic carbocycles. The van der Waals surface area contributed by atoms with E-state index in [1.54, 1.807) is 18.2 Å². The van der Waals surface area contributed by atoms with Gasteiger partial charge in [-0.05, 0) is 47.6 Å². The van der Waals surface area contributed by atoms with Crippen molar-refractivity contribution in [3.05, 3.63) is 70.3 Å². The Labute approximate surface area is 193 Å². The summed E-state index contributed by atoms with van der Waals surface area (Å²) in [5, 5.41) is 60.6. The lowest BCUT2D eigenvalue weighted by Crippen LogP contribution is -2.55. The van der Waals surface area contributed by atoms with Gasteiger partial charge in [0, 0.05) is 0 Å². The van der Waals surface area contributed by atoms with Crippen LogP contribution in [0.25, 0.3) is 0 Å². The molecule has 0 radical (unpaired) electrons. The van der Waals surface area contributed by atoms with Crippen molar-refractivity contribution in [3.8, 4) is 6.07 Å². The van der Waals surface area contributed by atoms with E-state index in [-0.39, 0.29) is 0 Å². The number of aliphatic hydroxyl groups is 5. The van der Waals surface area contributed by atoms with Gasteiger partial charge in [-0.2, -0.15) is 5.26 Å². The van der Waals surface area contributed by atoms with Gasteiger partial charge in [-0.25, -0.2) is 0 Å². The maximum absolute atomic E-state index is 11.0. The van der Waals surface area contributed by atoms with E-state index in [2.05, 4.69) is 6.07 Å². The lowest BCUT2D eigenvalue weighted by atomic mass is 9.79. The van der Waals surface area contributed by atoms with Gasteiger partial charge in [0.2, 0.25) is 0 Å². The molecule has 2 aromatic rings. The fraction of sp³-hybridized carbons (Fsp3) is 0.500. The van der Waals surface area contributed by atoms with Crippen LogP contribution in [0.3, 0.4) is 0 Å². The molecule has 0 aromatic heterocycles. The molecule has 1 heterocycles. The van der Waals surface area contributed by atoms with Gasteiger partial charge in [0.25, 0.3) is 0 Å². The molecule has 1 saturated heterocycles. The van der Waals surface area contributed by atoms with E-state index in [0.717, 1.165) is 48.8 Å². The number of ether oxygens (including phenoxy) is 1. The van der Waals surface area contributed by atoms with Crippen LogP contribution in [0.1, 0.15) is 66.0 Å². The van der Waals surface area contributed by atoms with Gasteiger partial charge >= 0.3 is 0 Å². The van der Waals surface area contributed by atoms with Crippen LogP contribution in [0.4, 0.5) is 0 Å². The second-order valence-electron chi connectivity index (χ2n) is 9.24. The summed E-state index contributed by atoms with van der Waals surface area (Å²) < 4.78 is 5.67. The molecule has 7 nitrogen and oxygen atoms in total. The Morgan fingerprint density at radius 3 is 2.27 bits per heavy atom. The summed E-state index contributed by atoms with van der Waals surface area (Å²) in [6, 6.07) is 15.1. The third-order valence-corrected chi connectivity index (χ3v) is 7.04. The molecule has 5 N–H and O–H groups in total. The van der Waals surface area contributed by atoms with Crippen molar-refractivity contribution in [2.24, 2.45) is 0 Å². The molecule has 2 aliphatic rings. The van der Waals surface area contributed by atoms with Gasteiger partial charge in [0.1, 0.15) is 30.5 Å². The molecule has 4 rings (SSSR count). The van der Waals surface area contributed by atoms with Crippen LogP contribution in [-0.2, 0) is 16.8 Å². The molecular formula is C26H31NO6. The largest absolute Gasteiger partial charge is 0.394 e. The molecule has 1 aliphatic carbocycles. The molecule has 1 aliphatic heterocycles. The average Bonchev–Trinajstić information content (AvgIpc) is 2.84. The Bertz CT molecular complexity index is 993. The Kier molecular flexibility index (Phi) is 7.15. The van der Waals surface area contributed by atoms with E-state index >= 15 is 0 Å².